The van der Waals surface area contributed by atoms with E-state index in [1.165, 1.54) is 9.08 Å². The third-order valence-electron chi connectivity index (χ3n) is 3.48. The second-order valence-corrected chi connectivity index (χ2v) is 5.17. The van der Waals surface area contributed by atoms with Crippen molar-refractivity contribution in [2.24, 2.45) is 0 Å². The summed E-state index contributed by atoms with van der Waals surface area (Å²) in [7, 11) is 0. The van der Waals surface area contributed by atoms with Crippen molar-refractivity contribution < 1.29 is 9.90 Å². The average Bonchev–Trinajstić information content (AvgIpc) is 2.91. The highest BCUT2D eigenvalue weighted by molar-refractivity contribution is 5.67. The highest BCUT2D eigenvalue weighted by atomic mass is 16.4. The van der Waals surface area contributed by atoms with Crippen LogP contribution in [0.4, 0.5) is 0 Å². The summed E-state index contributed by atoms with van der Waals surface area (Å²) in [6.07, 6.45) is 3.14. The Bertz CT molecular complexity index is 908. The molecule has 0 aliphatic rings. The molecule has 0 unspecified atom stereocenters. The fourth-order valence-corrected chi connectivity index (χ4v) is 2.36. The molecule has 0 bridgehead atoms. The first-order chi connectivity index (χ1) is 10.5. The van der Waals surface area contributed by atoms with E-state index in [2.05, 4.69) is 5.10 Å². The lowest BCUT2D eigenvalue weighted by Crippen LogP contribution is -2.22. The molecule has 0 atom stereocenters. The molecule has 1 N–H and O–H groups in total. The van der Waals surface area contributed by atoms with Gasteiger partial charge in [-0.15, -0.1) is 0 Å². The van der Waals surface area contributed by atoms with E-state index >= 15 is 0 Å². The van der Waals surface area contributed by atoms with Crippen LogP contribution < -0.4 is 5.56 Å². The van der Waals surface area contributed by atoms with E-state index in [0.29, 0.717) is 5.52 Å². The smallest absolute Gasteiger partial charge is 0.305 e. The minimum atomic E-state index is -0.930. The number of rotatable bonds is 4. The Morgan fingerprint density at radius 3 is 2.82 bits per heavy atom. The van der Waals surface area contributed by atoms with Crippen molar-refractivity contribution in [3.8, 4) is 11.3 Å². The van der Waals surface area contributed by atoms with Crippen molar-refractivity contribution >= 4 is 11.5 Å². The van der Waals surface area contributed by atoms with Crippen LogP contribution in [0.5, 0.6) is 0 Å². The maximum Gasteiger partial charge on any atom is 0.305 e. The minimum Gasteiger partial charge on any atom is -0.481 e. The van der Waals surface area contributed by atoms with Gasteiger partial charge in [-0.1, -0.05) is 23.8 Å². The predicted octanol–water partition coefficient (Wildman–Crippen LogP) is 1.95. The molecule has 0 radical (unpaired) electrons. The molecule has 6 heteroatoms. The number of carboxylic acid groups (broad SMARTS) is 1. The summed E-state index contributed by atoms with van der Waals surface area (Å²) in [6, 6.07) is 9.62. The molecular weight excluding hydrogens is 282 g/mol. The Hall–Kier alpha value is -2.89. The summed E-state index contributed by atoms with van der Waals surface area (Å²) < 4.78 is 2.92. The zero-order valence-electron chi connectivity index (χ0n) is 12.1. The summed E-state index contributed by atoms with van der Waals surface area (Å²) in [5.74, 6) is -0.930. The van der Waals surface area contributed by atoms with E-state index in [1.807, 2.05) is 31.2 Å². The molecule has 3 rings (SSSR count). The fraction of sp³-hybridized carbons (Fsp3) is 0.188. The second kappa shape index (κ2) is 5.48. The van der Waals surface area contributed by atoms with Gasteiger partial charge in [0.05, 0.1) is 12.1 Å². The molecule has 2 aromatic heterocycles. The number of benzene rings is 1. The van der Waals surface area contributed by atoms with Gasteiger partial charge in [-0.3, -0.25) is 9.59 Å². The SMILES string of the molecule is Cc1cccc(-c2cc3c(=O)n(CCC(=O)O)ccn3n2)c1. The van der Waals surface area contributed by atoms with Gasteiger partial charge in [0.2, 0.25) is 0 Å². The Kier molecular flexibility index (Phi) is 3.50. The van der Waals surface area contributed by atoms with Gasteiger partial charge < -0.3 is 9.67 Å². The standard InChI is InChI=1S/C16H15N3O3/c1-11-3-2-4-12(9-11)13-10-14-16(22)18(6-5-15(20)21)7-8-19(14)17-13/h2-4,7-10H,5-6H2,1H3,(H,20,21). The Balaban J connectivity index is 2.05. The van der Waals surface area contributed by atoms with Gasteiger partial charge in [-0.2, -0.15) is 5.10 Å². The highest BCUT2D eigenvalue weighted by Gasteiger charge is 2.10. The molecule has 1 aromatic carbocycles. The maximum atomic E-state index is 12.4. The number of carbonyl (C=O) groups is 1. The van der Waals surface area contributed by atoms with Crippen molar-refractivity contribution in [2.45, 2.75) is 19.9 Å². The van der Waals surface area contributed by atoms with Gasteiger partial charge in [-0.05, 0) is 19.1 Å². The molecule has 6 nitrogen and oxygen atoms in total. The van der Waals surface area contributed by atoms with E-state index in [4.69, 9.17) is 5.11 Å². The average molecular weight is 297 g/mol. The number of aryl methyl sites for hydroxylation is 2. The first-order valence-corrected chi connectivity index (χ1v) is 6.92. The van der Waals surface area contributed by atoms with Gasteiger partial charge in [0.15, 0.2) is 0 Å². The zero-order chi connectivity index (χ0) is 15.7. The van der Waals surface area contributed by atoms with Crippen molar-refractivity contribution in [1.82, 2.24) is 14.2 Å². The van der Waals surface area contributed by atoms with Crippen LogP contribution in [0.2, 0.25) is 0 Å². The largest absolute Gasteiger partial charge is 0.481 e. The van der Waals surface area contributed by atoms with E-state index in [1.54, 1.807) is 18.5 Å². The minimum absolute atomic E-state index is 0.0883. The second-order valence-electron chi connectivity index (χ2n) is 5.17. The van der Waals surface area contributed by atoms with Gasteiger partial charge >= 0.3 is 5.97 Å². The molecule has 0 aliphatic heterocycles. The Labute approximate surface area is 126 Å². The number of aliphatic carboxylic acids is 1. The monoisotopic (exact) mass is 297 g/mol. The van der Waals surface area contributed by atoms with E-state index in [9.17, 15) is 9.59 Å². The topological polar surface area (TPSA) is 76.6 Å². The third-order valence-corrected chi connectivity index (χ3v) is 3.48. The number of nitrogens with zero attached hydrogens (tertiary/aromatic N) is 3. The van der Waals surface area contributed by atoms with Crippen LogP contribution in [-0.4, -0.2) is 25.3 Å². The van der Waals surface area contributed by atoms with E-state index in [0.717, 1.165) is 16.8 Å². The van der Waals surface area contributed by atoms with E-state index in [-0.39, 0.29) is 18.5 Å². The Morgan fingerprint density at radius 1 is 1.27 bits per heavy atom. The normalized spacial score (nSPS) is 11.0. The molecule has 2 heterocycles. The molecule has 0 fully saturated rings. The summed E-state index contributed by atoms with van der Waals surface area (Å²) in [4.78, 5) is 23.0. The van der Waals surface area contributed by atoms with Gasteiger partial charge in [0, 0.05) is 24.5 Å². The molecule has 22 heavy (non-hydrogen) atoms. The third kappa shape index (κ3) is 2.63. The van der Waals surface area contributed by atoms with Crippen molar-refractivity contribution in [3.63, 3.8) is 0 Å². The van der Waals surface area contributed by atoms with Gasteiger partial charge in [0.1, 0.15) is 5.52 Å². The molecular formula is C16H15N3O3. The number of fused-ring (bicyclic) bond motifs is 1. The van der Waals surface area contributed by atoms with Crippen LogP contribution in [-0.2, 0) is 11.3 Å². The van der Waals surface area contributed by atoms with Crippen molar-refractivity contribution in [2.75, 3.05) is 0 Å². The molecule has 112 valence electrons. The zero-order valence-corrected chi connectivity index (χ0v) is 12.1. The molecule has 0 amide bonds. The summed E-state index contributed by atoms with van der Waals surface area (Å²) in [5, 5.41) is 13.1. The van der Waals surface area contributed by atoms with Gasteiger partial charge in [-0.25, -0.2) is 4.52 Å². The number of aromatic nitrogens is 3. The maximum absolute atomic E-state index is 12.4. The number of hydrogen-bond acceptors (Lipinski definition) is 3. The summed E-state index contributed by atoms with van der Waals surface area (Å²) in [6.45, 7) is 2.15. The van der Waals surface area contributed by atoms with Crippen LogP contribution in [0.15, 0.2) is 47.5 Å². The summed E-state index contributed by atoms with van der Waals surface area (Å²) in [5.41, 5.74) is 2.98. The van der Waals surface area contributed by atoms with Crippen molar-refractivity contribution in [1.29, 1.82) is 0 Å². The number of carboxylic acids is 1. The fourth-order valence-electron chi connectivity index (χ4n) is 2.36. The molecule has 3 aromatic rings. The molecule has 0 spiro atoms. The molecule has 0 saturated heterocycles. The van der Waals surface area contributed by atoms with Crippen LogP contribution in [0.25, 0.3) is 16.8 Å². The molecule has 0 saturated carbocycles. The lowest BCUT2D eigenvalue weighted by molar-refractivity contribution is -0.137. The Morgan fingerprint density at radius 2 is 2.09 bits per heavy atom. The first-order valence-electron chi connectivity index (χ1n) is 6.92. The first kappa shape index (κ1) is 14.1. The van der Waals surface area contributed by atoms with Crippen LogP contribution in [0.1, 0.15) is 12.0 Å². The number of hydrogen-bond donors (Lipinski definition) is 1. The van der Waals surface area contributed by atoms with Crippen LogP contribution >= 0.6 is 0 Å². The lowest BCUT2D eigenvalue weighted by atomic mass is 10.1. The van der Waals surface area contributed by atoms with Crippen molar-refractivity contribution in [3.05, 3.63) is 58.6 Å². The lowest BCUT2D eigenvalue weighted by Gasteiger charge is -2.03. The predicted molar refractivity (Wildman–Crippen MR) is 81.9 cm³/mol. The summed E-state index contributed by atoms with van der Waals surface area (Å²) >= 11 is 0. The van der Waals surface area contributed by atoms with E-state index < -0.39 is 5.97 Å². The van der Waals surface area contributed by atoms with Gasteiger partial charge in [0.25, 0.3) is 5.56 Å². The quantitative estimate of drug-likeness (QED) is 0.798. The molecule has 0 aliphatic carbocycles. The van der Waals surface area contributed by atoms with Crippen LogP contribution in [0, 0.1) is 6.92 Å². The highest BCUT2D eigenvalue weighted by Crippen LogP contribution is 2.19. The van der Waals surface area contributed by atoms with Crippen LogP contribution in [0.3, 0.4) is 0 Å².